The Kier molecular flexibility index (Phi) is 7.08. The van der Waals surface area contributed by atoms with Gasteiger partial charge in [-0.25, -0.2) is 4.68 Å². The summed E-state index contributed by atoms with van der Waals surface area (Å²) in [4.78, 5) is 26.8. The van der Waals surface area contributed by atoms with Crippen LogP contribution in [0.1, 0.15) is 42.5 Å². The lowest BCUT2D eigenvalue weighted by atomic mass is 9.89. The van der Waals surface area contributed by atoms with Crippen LogP contribution < -0.4 is 10.6 Å². The average Bonchev–Trinajstić information content (AvgIpc) is 3.68. The van der Waals surface area contributed by atoms with Crippen LogP contribution in [0, 0.1) is 11.3 Å². The third-order valence-corrected chi connectivity index (χ3v) is 8.03. The number of benzene rings is 3. The zero-order valence-corrected chi connectivity index (χ0v) is 22.4. The van der Waals surface area contributed by atoms with E-state index in [4.69, 9.17) is 5.26 Å². The Morgan fingerprint density at radius 2 is 1.66 bits per heavy atom. The minimum absolute atomic E-state index is 0.105. The van der Waals surface area contributed by atoms with Gasteiger partial charge < -0.3 is 15.7 Å². The van der Waals surface area contributed by atoms with Gasteiger partial charge >= 0.3 is 0 Å². The fourth-order valence-corrected chi connectivity index (χ4v) is 5.31. The molecule has 2 aliphatic rings. The highest BCUT2D eigenvalue weighted by Gasteiger charge is 2.52. The van der Waals surface area contributed by atoms with Crippen LogP contribution in [0.2, 0.25) is 0 Å². The average molecular weight is 547 g/mol. The van der Waals surface area contributed by atoms with Crippen LogP contribution in [0.3, 0.4) is 0 Å². The number of carbonyl (C=O) groups excluding carboxylic acids is 2. The normalized spacial score (nSPS) is 19.3. The Balaban J connectivity index is 1.17. The molecule has 1 heterocycles. The second-order valence-corrected chi connectivity index (χ2v) is 10.9. The molecule has 2 saturated carbocycles. The second kappa shape index (κ2) is 11.0. The first-order valence-corrected chi connectivity index (χ1v) is 13.8. The second-order valence-electron chi connectivity index (χ2n) is 10.9. The first-order valence-electron chi connectivity index (χ1n) is 13.8. The maximum Gasteiger partial charge on any atom is 0.243 e. The van der Waals surface area contributed by atoms with Gasteiger partial charge in [-0.2, -0.15) is 5.26 Å². The van der Waals surface area contributed by atoms with Gasteiger partial charge in [0.2, 0.25) is 11.8 Å². The maximum atomic E-state index is 13.5. The van der Waals surface area contributed by atoms with Gasteiger partial charge in [-0.15, -0.1) is 5.10 Å². The number of rotatable bonds is 9. The molecule has 0 radical (unpaired) electrons. The van der Waals surface area contributed by atoms with Crippen LogP contribution in [0.4, 0.5) is 0 Å². The fourth-order valence-electron chi connectivity index (χ4n) is 5.31. The zero-order valence-electron chi connectivity index (χ0n) is 22.4. The van der Waals surface area contributed by atoms with E-state index >= 15 is 0 Å². The predicted octanol–water partition coefficient (Wildman–Crippen LogP) is 3.20. The largest absolute Gasteiger partial charge is 0.393 e. The Hall–Kier alpha value is -4.81. The third kappa shape index (κ3) is 5.60. The molecular weight excluding hydrogens is 516 g/mol. The molecule has 0 saturated heterocycles. The van der Waals surface area contributed by atoms with Crippen molar-refractivity contribution in [1.82, 2.24) is 25.6 Å². The van der Waals surface area contributed by atoms with Crippen molar-refractivity contribution in [2.24, 2.45) is 0 Å². The minimum Gasteiger partial charge on any atom is -0.393 e. The quantitative estimate of drug-likeness (QED) is 0.295. The highest BCUT2D eigenvalue weighted by atomic mass is 16.3. The van der Waals surface area contributed by atoms with Gasteiger partial charge in [-0.05, 0) is 66.6 Å². The van der Waals surface area contributed by atoms with Gasteiger partial charge in [-0.3, -0.25) is 9.59 Å². The highest BCUT2D eigenvalue weighted by Crippen LogP contribution is 2.48. The molecule has 0 bridgehead atoms. The molecule has 1 atom stereocenters. The van der Waals surface area contributed by atoms with Crippen molar-refractivity contribution in [3.8, 4) is 22.9 Å². The van der Waals surface area contributed by atoms with Crippen molar-refractivity contribution in [2.45, 2.75) is 55.7 Å². The van der Waals surface area contributed by atoms with Crippen LogP contribution in [0.15, 0.2) is 85.1 Å². The van der Waals surface area contributed by atoms with Crippen LogP contribution in [-0.4, -0.2) is 50.1 Å². The van der Waals surface area contributed by atoms with Crippen LogP contribution in [0.25, 0.3) is 16.8 Å². The molecule has 0 aliphatic heterocycles. The molecule has 3 aromatic carbocycles. The molecule has 1 aromatic heterocycles. The molecule has 4 aromatic rings. The lowest BCUT2D eigenvalue weighted by Crippen LogP contribution is -2.55. The van der Waals surface area contributed by atoms with E-state index in [1.54, 1.807) is 23.0 Å². The lowest BCUT2D eigenvalue weighted by molar-refractivity contribution is -0.131. The molecule has 41 heavy (non-hydrogen) atoms. The minimum atomic E-state index is -0.828. The molecule has 2 aliphatic carbocycles. The SMILES string of the molecule is N#Cc1ccc(-c2ccc(-n3cc(CC(NC(=O)C4(c5ccccc5)CC4)C(=O)NC4CC(O)C4)nn3)cc2)cc1. The van der Waals surface area contributed by atoms with Gasteiger partial charge in [0.1, 0.15) is 6.04 Å². The summed E-state index contributed by atoms with van der Waals surface area (Å²) in [6.45, 7) is 0. The monoisotopic (exact) mass is 546 g/mol. The standard InChI is InChI=1S/C32H30N6O3/c33-19-21-6-8-22(9-7-21)23-10-12-27(13-11-23)38-20-26(36-37-38)18-29(30(40)34-25-16-28(39)17-25)35-31(41)32(14-15-32)24-4-2-1-3-5-24/h1-13,20,25,28-29,39H,14-18H2,(H,34,40)(H,35,41). The molecule has 3 N–H and O–H groups in total. The van der Waals surface area contributed by atoms with Gasteiger partial charge in [0.25, 0.3) is 0 Å². The predicted molar refractivity (Wildman–Crippen MR) is 152 cm³/mol. The summed E-state index contributed by atoms with van der Waals surface area (Å²) >= 11 is 0. The van der Waals surface area contributed by atoms with Crippen molar-refractivity contribution in [2.75, 3.05) is 0 Å². The van der Waals surface area contributed by atoms with E-state index in [2.05, 4.69) is 27.0 Å². The van der Waals surface area contributed by atoms with Gasteiger partial charge in [0, 0.05) is 12.5 Å². The maximum absolute atomic E-state index is 13.5. The van der Waals surface area contributed by atoms with E-state index in [0.29, 0.717) is 24.1 Å². The van der Waals surface area contributed by atoms with Crippen LogP contribution in [0.5, 0.6) is 0 Å². The lowest BCUT2D eigenvalue weighted by Gasteiger charge is -2.33. The molecule has 6 rings (SSSR count). The molecule has 9 heteroatoms. The van der Waals surface area contributed by atoms with Crippen molar-refractivity contribution < 1.29 is 14.7 Å². The van der Waals surface area contributed by atoms with Crippen molar-refractivity contribution in [3.63, 3.8) is 0 Å². The fraction of sp³-hybridized carbons (Fsp3) is 0.281. The zero-order chi connectivity index (χ0) is 28.4. The van der Waals surface area contributed by atoms with E-state index in [1.807, 2.05) is 66.7 Å². The number of hydrogen-bond acceptors (Lipinski definition) is 6. The number of nitrogens with zero attached hydrogens (tertiary/aromatic N) is 4. The first kappa shape index (κ1) is 26.4. The number of aromatic nitrogens is 3. The summed E-state index contributed by atoms with van der Waals surface area (Å²) < 4.78 is 1.64. The Morgan fingerprint density at radius 3 is 2.27 bits per heavy atom. The Labute approximate surface area is 237 Å². The number of hydrogen-bond donors (Lipinski definition) is 3. The van der Waals surface area contributed by atoms with Gasteiger partial charge in [-0.1, -0.05) is 59.8 Å². The van der Waals surface area contributed by atoms with E-state index in [1.165, 1.54) is 0 Å². The number of carbonyl (C=O) groups is 2. The number of nitrogens with one attached hydrogen (secondary N) is 2. The Morgan fingerprint density at radius 1 is 1.00 bits per heavy atom. The molecule has 9 nitrogen and oxygen atoms in total. The summed E-state index contributed by atoms with van der Waals surface area (Å²) in [5, 5.41) is 33.2. The van der Waals surface area contributed by atoms with Crippen molar-refractivity contribution >= 4 is 11.8 Å². The van der Waals surface area contributed by atoms with Crippen molar-refractivity contribution in [3.05, 3.63) is 102 Å². The van der Waals surface area contributed by atoms with Crippen LogP contribution >= 0.6 is 0 Å². The van der Waals surface area contributed by atoms with E-state index in [-0.39, 0.29) is 24.3 Å². The molecule has 2 fully saturated rings. The molecule has 206 valence electrons. The smallest absolute Gasteiger partial charge is 0.243 e. The summed E-state index contributed by atoms with van der Waals surface area (Å²) in [6.07, 6.45) is 4.04. The molecular formula is C32H30N6O3. The number of amides is 2. The number of aliphatic hydroxyl groups excluding tert-OH is 1. The summed E-state index contributed by atoms with van der Waals surface area (Å²) in [7, 11) is 0. The number of nitriles is 1. The topological polar surface area (TPSA) is 133 Å². The summed E-state index contributed by atoms with van der Waals surface area (Å²) in [5.74, 6) is -0.455. The molecule has 0 spiro atoms. The Bertz CT molecular complexity index is 1580. The highest BCUT2D eigenvalue weighted by molar-refractivity contribution is 5.95. The van der Waals surface area contributed by atoms with E-state index < -0.39 is 17.6 Å². The van der Waals surface area contributed by atoms with Crippen molar-refractivity contribution in [1.29, 1.82) is 5.26 Å². The first-order chi connectivity index (χ1) is 19.9. The molecule has 1 unspecified atom stereocenters. The van der Waals surface area contributed by atoms with Crippen LogP contribution in [-0.2, 0) is 21.4 Å². The van der Waals surface area contributed by atoms with E-state index in [0.717, 1.165) is 35.2 Å². The number of aliphatic hydroxyl groups is 1. The van der Waals surface area contributed by atoms with Gasteiger partial charge in [0.15, 0.2) is 0 Å². The third-order valence-electron chi connectivity index (χ3n) is 8.03. The molecule has 2 amide bonds. The summed E-state index contributed by atoms with van der Waals surface area (Å²) in [6, 6.07) is 26.1. The van der Waals surface area contributed by atoms with E-state index in [9.17, 15) is 14.7 Å². The van der Waals surface area contributed by atoms with Gasteiger partial charge in [0.05, 0.1) is 40.7 Å². The summed E-state index contributed by atoms with van der Waals surface area (Å²) in [5.41, 5.74) is 4.33.